The van der Waals surface area contributed by atoms with Crippen molar-refractivity contribution in [1.29, 1.82) is 0 Å². The first-order valence-electron chi connectivity index (χ1n) is 4.13. The van der Waals surface area contributed by atoms with E-state index in [4.69, 9.17) is 16.3 Å². The Labute approximate surface area is 84.0 Å². The number of aryl methyl sites for hydroxylation is 1. The molecule has 0 unspecified atom stereocenters. The van der Waals surface area contributed by atoms with Crippen LogP contribution in [-0.2, 0) is 6.42 Å². The smallest absolute Gasteiger partial charge is 0.124 e. The van der Waals surface area contributed by atoms with Gasteiger partial charge in [0.25, 0.3) is 0 Å². The summed E-state index contributed by atoms with van der Waals surface area (Å²) in [6, 6.07) is 3.76. The van der Waals surface area contributed by atoms with Crippen LogP contribution in [0.3, 0.4) is 0 Å². The SMILES string of the molecule is C=CCc1c(C)cc(Cl)cc1OC. The van der Waals surface area contributed by atoms with Crippen molar-refractivity contribution in [3.05, 3.63) is 40.9 Å². The van der Waals surface area contributed by atoms with Gasteiger partial charge >= 0.3 is 0 Å². The second-order valence-corrected chi connectivity index (χ2v) is 3.33. The Balaban J connectivity index is 3.20. The molecule has 1 nitrogen and oxygen atoms in total. The van der Waals surface area contributed by atoms with E-state index in [0.29, 0.717) is 5.02 Å². The van der Waals surface area contributed by atoms with Crippen LogP contribution in [-0.4, -0.2) is 7.11 Å². The molecule has 0 radical (unpaired) electrons. The maximum absolute atomic E-state index is 5.90. The predicted octanol–water partition coefficient (Wildman–Crippen LogP) is 3.39. The summed E-state index contributed by atoms with van der Waals surface area (Å²) < 4.78 is 5.23. The molecule has 0 aliphatic carbocycles. The van der Waals surface area contributed by atoms with Crippen molar-refractivity contribution in [2.45, 2.75) is 13.3 Å². The first-order chi connectivity index (χ1) is 6.19. The van der Waals surface area contributed by atoms with Gasteiger partial charge in [0.05, 0.1) is 7.11 Å². The van der Waals surface area contributed by atoms with Crippen LogP contribution in [0.2, 0.25) is 5.02 Å². The minimum atomic E-state index is 0.710. The van der Waals surface area contributed by atoms with E-state index in [-0.39, 0.29) is 0 Å². The van der Waals surface area contributed by atoms with Gasteiger partial charge in [-0.1, -0.05) is 17.7 Å². The van der Waals surface area contributed by atoms with E-state index in [1.807, 2.05) is 25.1 Å². The van der Waals surface area contributed by atoms with Crippen LogP contribution in [0.15, 0.2) is 24.8 Å². The fraction of sp³-hybridized carbons (Fsp3) is 0.273. The maximum Gasteiger partial charge on any atom is 0.124 e. The number of benzene rings is 1. The minimum Gasteiger partial charge on any atom is -0.496 e. The fourth-order valence-electron chi connectivity index (χ4n) is 1.33. The zero-order valence-electron chi connectivity index (χ0n) is 7.93. The Morgan fingerprint density at radius 2 is 2.23 bits per heavy atom. The second kappa shape index (κ2) is 4.33. The molecule has 0 saturated heterocycles. The van der Waals surface area contributed by atoms with Crippen molar-refractivity contribution in [2.24, 2.45) is 0 Å². The van der Waals surface area contributed by atoms with Gasteiger partial charge in [-0.2, -0.15) is 0 Å². The Kier molecular flexibility index (Phi) is 3.38. The molecule has 0 aliphatic heterocycles. The van der Waals surface area contributed by atoms with Crippen molar-refractivity contribution >= 4 is 11.6 Å². The molecule has 0 spiro atoms. The van der Waals surface area contributed by atoms with Gasteiger partial charge in [0, 0.05) is 10.6 Å². The highest BCUT2D eigenvalue weighted by Crippen LogP contribution is 2.27. The molecule has 0 amide bonds. The van der Waals surface area contributed by atoms with Crippen LogP contribution in [0.4, 0.5) is 0 Å². The highest BCUT2D eigenvalue weighted by atomic mass is 35.5. The molecule has 0 saturated carbocycles. The molecule has 0 N–H and O–H groups in total. The lowest BCUT2D eigenvalue weighted by Crippen LogP contribution is -1.94. The lowest BCUT2D eigenvalue weighted by Gasteiger charge is -2.10. The molecular weight excluding hydrogens is 184 g/mol. The lowest BCUT2D eigenvalue weighted by atomic mass is 10.0. The summed E-state index contributed by atoms with van der Waals surface area (Å²) in [6.45, 7) is 5.73. The first kappa shape index (κ1) is 10.1. The van der Waals surface area contributed by atoms with Crippen molar-refractivity contribution in [2.75, 3.05) is 7.11 Å². The van der Waals surface area contributed by atoms with Crippen LogP contribution in [0, 0.1) is 6.92 Å². The van der Waals surface area contributed by atoms with Crippen LogP contribution in [0.25, 0.3) is 0 Å². The number of hydrogen-bond acceptors (Lipinski definition) is 1. The topological polar surface area (TPSA) is 9.23 Å². The summed E-state index contributed by atoms with van der Waals surface area (Å²) in [5.41, 5.74) is 2.30. The largest absolute Gasteiger partial charge is 0.496 e. The van der Waals surface area contributed by atoms with Gasteiger partial charge in [0.15, 0.2) is 0 Å². The molecule has 2 heteroatoms. The molecule has 0 bridgehead atoms. The van der Waals surface area contributed by atoms with Gasteiger partial charge in [-0.3, -0.25) is 0 Å². The number of ether oxygens (including phenoxy) is 1. The van der Waals surface area contributed by atoms with Crippen molar-refractivity contribution in [3.8, 4) is 5.75 Å². The second-order valence-electron chi connectivity index (χ2n) is 2.90. The van der Waals surface area contributed by atoms with E-state index in [0.717, 1.165) is 23.3 Å². The van der Waals surface area contributed by atoms with E-state index < -0.39 is 0 Å². The number of rotatable bonds is 3. The molecule has 70 valence electrons. The van der Waals surface area contributed by atoms with E-state index in [2.05, 4.69) is 6.58 Å². The molecule has 1 aromatic carbocycles. The summed E-state index contributed by atoms with van der Waals surface area (Å²) in [5, 5.41) is 0.710. The Hall–Kier alpha value is -0.950. The third-order valence-corrected chi connectivity index (χ3v) is 2.18. The lowest BCUT2D eigenvalue weighted by molar-refractivity contribution is 0.410. The molecule has 0 heterocycles. The minimum absolute atomic E-state index is 0.710. The Morgan fingerprint density at radius 3 is 2.77 bits per heavy atom. The third kappa shape index (κ3) is 2.25. The Morgan fingerprint density at radius 1 is 1.54 bits per heavy atom. The summed E-state index contributed by atoms with van der Waals surface area (Å²) >= 11 is 5.90. The van der Waals surface area contributed by atoms with Crippen molar-refractivity contribution < 1.29 is 4.74 Å². The first-order valence-corrected chi connectivity index (χ1v) is 4.50. The number of hydrogen-bond donors (Lipinski definition) is 0. The molecule has 1 rings (SSSR count). The third-order valence-electron chi connectivity index (χ3n) is 1.97. The average molecular weight is 197 g/mol. The average Bonchev–Trinajstić information content (AvgIpc) is 2.09. The van der Waals surface area contributed by atoms with Crippen LogP contribution >= 0.6 is 11.6 Å². The van der Waals surface area contributed by atoms with Crippen LogP contribution in [0.1, 0.15) is 11.1 Å². The van der Waals surface area contributed by atoms with E-state index in [1.165, 1.54) is 0 Å². The normalized spacial score (nSPS) is 9.77. The predicted molar refractivity (Wildman–Crippen MR) is 56.6 cm³/mol. The monoisotopic (exact) mass is 196 g/mol. The highest BCUT2D eigenvalue weighted by Gasteiger charge is 2.05. The van der Waals surface area contributed by atoms with E-state index >= 15 is 0 Å². The Bertz CT molecular complexity index is 318. The molecule has 0 fully saturated rings. The number of methoxy groups -OCH3 is 1. The summed E-state index contributed by atoms with van der Waals surface area (Å²) in [6.07, 6.45) is 2.67. The van der Waals surface area contributed by atoms with Crippen LogP contribution < -0.4 is 4.74 Å². The number of halogens is 1. The molecule has 0 atom stereocenters. The molecule has 1 aromatic rings. The zero-order valence-corrected chi connectivity index (χ0v) is 8.69. The summed E-state index contributed by atoms with van der Waals surface area (Å²) in [4.78, 5) is 0. The molecular formula is C11H13ClO. The molecule has 0 aromatic heterocycles. The van der Waals surface area contributed by atoms with Gasteiger partial charge in [-0.05, 0) is 31.0 Å². The maximum atomic E-state index is 5.90. The highest BCUT2D eigenvalue weighted by molar-refractivity contribution is 6.30. The van der Waals surface area contributed by atoms with Gasteiger partial charge in [-0.15, -0.1) is 6.58 Å². The summed E-state index contributed by atoms with van der Waals surface area (Å²) in [5.74, 6) is 0.838. The van der Waals surface area contributed by atoms with Crippen molar-refractivity contribution in [3.63, 3.8) is 0 Å². The zero-order chi connectivity index (χ0) is 9.84. The van der Waals surface area contributed by atoms with E-state index in [1.54, 1.807) is 7.11 Å². The van der Waals surface area contributed by atoms with Crippen molar-refractivity contribution in [1.82, 2.24) is 0 Å². The van der Waals surface area contributed by atoms with Crippen LogP contribution in [0.5, 0.6) is 5.75 Å². The van der Waals surface area contributed by atoms with Gasteiger partial charge in [-0.25, -0.2) is 0 Å². The number of allylic oxidation sites excluding steroid dienone is 1. The van der Waals surface area contributed by atoms with Gasteiger partial charge < -0.3 is 4.74 Å². The quantitative estimate of drug-likeness (QED) is 0.674. The standard InChI is InChI=1S/C11H13ClO/c1-4-5-10-8(2)6-9(12)7-11(10)13-3/h4,6-7H,1,5H2,2-3H3. The summed E-state index contributed by atoms with van der Waals surface area (Å²) in [7, 11) is 1.65. The van der Waals surface area contributed by atoms with Gasteiger partial charge in [0.1, 0.15) is 5.75 Å². The fourth-order valence-corrected chi connectivity index (χ4v) is 1.59. The van der Waals surface area contributed by atoms with E-state index in [9.17, 15) is 0 Å². The van der Waals surface area contributed by atoms with Gasteiger partial charge in [0.2, 0.25) is 0 Å². The molecule has 0 aliphatic rings. The molecule has 13 heavy (non-hydrogen) atoms.